The van der Waals surface area contributed by atoms with Crippen molar-refractivity contribution >= 4 is 11.8 Å². The predicted octanol–water partition coefficient (Wildman–Crippen LogP) is 0.732. The maximum Gasteiger partial charge on any atom is 0.377 e. The van der Waals surface area contributed by atoms with Crippen LogP contribution in [-0.4, -0.2) is 36.2 Å². The van der Waals surface area contributed by atoms with Crippen molar-refractivity contribution in [2.45, 2.75) is 6.10 Å². The monoisotopic (exact) mass is 222 g/mol. The normalized spacial score (nSPS) is 15.2. The Kier molecular flexibility index (Phi) is 2.87. The highest BCUT2D eigenvalue weighted by Crippen LogP contribution is 2.18. The van der Waals surface area contributed by atoms with Crippen molar-refractivity contribution in [2.75, 3.05) is 13.2 Å². The molecule has 84 valence electrons. The molecule has 0 spiro atoms. The van der Waals surface area contributed by atoms with Crippen molar-refractivity contribution < 1.29 is 24.2 Å². The average molecular weight is 222 g/mol. The van der Waals surface area contributed by atoms with E-state index in [0.717, 1.165) is 0 Å². The molecule has 0 radical (unpaired) electrons. The predicted molar refractivity (Wildman–Crippen MR) is 53.6 cm³/mol. The molecule has 0 aromatic heterocycles. The fourth-order valence-corrected chi connectivity index (χ4v) is 1.31. The molecule has 1 aliphatic rings. The van der Waals surface area contributed by atoms with Gasteiger partial charge in [0, 0.05) is 5.56 Å². The first kappa shape index (κ1) is 10.6. The number of Topliss-reactive ketones (excluding diaryl/α,β-unsaturated/α-hetero) is 1. The molecule has 5 nitrogen and oxygen atoms in total. The van der Waals surface area contributed by atoms with E-state index in [-0.39, 0.29) is 11.7 Å². The lowest BCUT2D eigenvalue weighted by molar-refractivity contribution is -0.131. The largest absolute Gasteiger partial charge is 0.486 e. The Hall–Kier alpha value is -1.88. The van der Waals surface area contributed by atoms with Gasteiger partial charge >= 0.3 is 5.97 Å². The van der Waals surface area contributed by atoms with Crippen molar-refractivity contribution in [2.24, 2.45) is 0 Å². The number of benzene rings is 1. The maximum absolute atomic E-state index is 11.2. The second kappa shape index (κ2) is 4.32. The Balaban J connectivity index is 2.12. The third-order valence-corrected chi connectivity index (χ3v) is 2.20. The molecule has 5 heteroatoms. The molecule has 0 saturated carbocycles. The number of aliphatic carboxylic acids is 1. The summed E-state index contributed by atoms with van der Waals surface area (Å²) in [7, 11) is 0. The van der Waals surface area contributed by atoms with Gasteiger partial charge in [0.15, 0.2) is 0 Å². The molecule has 0 aliphatic carbocycles. The van der Waals surface area contributed by atoms with Crippen LogP contribution in [-0.2, 0) is 9.53 Å². The Labute approximate surface area is 91.6 Å². The van der Waals surface area contributed by atoms with Crippen molar-refractivity contribution in [3.8, 4) is 5.75 Å². The summed E-state index contributed by atoms with van der Waals surface area (Å²) in [5.41, 5.74) is 0.116. The van der Waals surface area contributed by atoms with E-state index in [9.17, 15) is 9.59 Å². The van der Waals surface area contributed by atoms with Gasteiger partial charge in [0.05, 0.1) is 13.2 Å². The minimum Gasteiger partial charge on any atom is -0.486 e. The number of rotatable bonds is 4. The van der Waals surface area contributed by atoms with Gasteiger partial charge in [-0.2, -0.15) is 0 Å². The first-order chi connectivity index (χ1) is 7.66. The van der Waals surface area contributed by atoms with Crippen LogP contribution in [0.25, 0.3) is 0 Å². The molecule has 1 aliphatic heterocycles. The fraction of sp³-hybridized carbons (Fsp3) is 0.273. The van der Waals surface area contributed by atoms with Gasteiger partial charge in [0.1, 0.15) is 11.9 Å². The molecule has 0 atom stereocenters. The van der Waals surface area contributed by atoms with Crippen LogP contribution in [0.3, 0.4) is 0 Å². The number of ether oxygens (including phenoxy) is 2. The maximum atomic E-state index is 11.2. The number of carbonyl (C=O) groups is 2. The SMILES string of the molecule is O=C(O)C(=O)c1cccc(OC2COC2)c1. The molecule has 0 amide bonds. The quantitative estimate of drug-likeness (QED) is 0.600. The second-order valence-corrected chi connectivity index (χ2v) is 3.44. The minimum atomic E-state index is -1.47. The van der Waals surface area contributed by atoms with Crippen LogP contribution in [0.1, 0.15) is 10.4 Å². The summed E-state index contributed by atoms with van der Waals surface area (Å²) in [6.07, 6.45) is -0.00446. The van der Waals surface area contributed by atoms with E-state index in [2.05, 4.69) is 0 Å². The van der Waals surface area contributed by atoms with Crippen LogP contribution in [0.15, 0.2) is 24.3 Å². The molecule has 1 heterocycles. The molecule has 1 N–H and O–H groups in total. The molecule has 16 heavy (non-hydrogen) atoms. The highest BCUT2D eigenvalue weighted by Gasteiger charge is 2.21. The van der Waals surface area contributed by atoms with Gasteiger partial charge in [-0.3, -0.25) is 4.79 Å². The molecule has 1 fully saturated rings. The number of carboxylic acids is 1. The first-order valence-electron chi connectivity index (χ1n) is 4.79. The summed E-state index contributed by atoms with van der Waals surface area (Å²) in [6.45, 7) is 1.05. The molecule has 1 aromatic carbocycles. The minimum absolute atomic E-state index is 0.00446. The van der Waals surface area contributed by atoms with Gasteiger partial charge in [0.2, 0.25) is 0 Å². The lowest BCUT2D eigenvalue weighted by Crippen LogP contribution is -2.38. The van der Waals surface area contributed by atoms with E-state index < -0.39 is 11.8 Å². The number of hydrogen-bond acceptors (Lipinski definition) is 4. The van der Waals surface area contributed by atoms with Gasteiger partial charge in [0.25, 0.3) is 5.78 Å². The van der Waals surface area contributed by atoms with Gasteiger partial charge < -0.3 is 14.6 Å². The smallest absolute Gasteiger partial charge is 0.377 e. The molecule has 1 saturated heterocycles. The van der Waals surface area contributed by atoms with E-state index in [0.29, 0.717) is 19.0 Å². The molecule has 1 aromatic rings. The number of hydrogen-bond donors (Lipinski definition) is 1. The zero-order valence-corrected chi connectivity index (χ0v) is 8.38. The molecule has 0 bridgehead atoms. The van der Waals surface area contributed by atoms with E-state index >= 15 is 0 Å². The number of carboxylic acid groups (broad SMARTS) is 1. The zero-order valence-electron chi connectivity index (χ0n) is 8.38. The third-order valence-electron chi connectivity index (χ3n) is 2.20. The third kappa shape index (κ3) is 2.20. The van der Waals surface area contributed by atoms with E-state index in [1.807, 2.05) is 0 Å². The zero-order chi connectivity index (χ0) is 11.5. The second-order valence-electron chi connectivity index (χ2n) is 3.44. The van der Waals surface area contributed by atoms with Crippen molar-refractivity contribution in [1.82, 2.24) is 0 Å². The summed E-state index contributed by atoms with van der Waals surface area (Å²) in [6, 6.07) is 6.14. The van der Waals surface area contributed by atoms with Gasteiger partial charge in [-0.1, -0.05) is 12.1 Å². The van der Waals surface area contributed by atoms with Crippen molar-refractivity contribution in [1.29, 1.82) is 0 Å². The Morgan fingerprint density at radius 2 is 2.12 bits per heavy atom. The van der Waals surface area contributed by atoms with Crippen LogP contribution in [0.5, 0.6) is 5.75 Å². The summed E-state index contributed by atoms with van der Waals surface area (Å²) in [5.74, 6) is -1.92. The molecule has 2 rings (SSSR count). The number of ketones is 1. The van der Waals surface area contributed by atoms with Gasteiger partial charge in [-0.05, 0) is 12.1 Å². The van der Waals surface area contributed by atoms with E-state index in [4.69, 9.17) is 14.6 Å². The van der Waals surface area contributed by atoms with Crippen molar-refractivity contribution in [3.05, 3.63) is 29.8 Å². The van der Waals surface area contributed by atoms with Gasteiger partial charge in [-0.15, -0.1) is 0 Å². The van der Waals surface area contributed by atoms with E-state index in [1.165, 1.54) is 12.1 Å². The Morgan fingerprint density at radius 3 is 2.69 bits per heavy atom. The standard InChI is InChI=1S/C11H10O5/c12-10(11(13)14)7-2-1-3-8(4-7)16-9-5-15-6-9/h1-4,9H,5-6H2,(H,13,14). The van der Waals surface area contributed by atoms with Crippen LogP contribution in [0.4, 0.5) is 0 Å². The topological polar surface area (TPSA) is 72.8 Å². The van der Waals surface area contributed by atoms with Crippen LogP contribution in [0, 0.1) is 0 Å². The Bertz CT molecular complexity index is 422. The summed E-state index contributed by atoms with van der Waals surface area (Å²) in [4.78, 5) is 21.7. The van der Waals surface area contributed by atoms with Crippen LogP contribution < -0.4 is 4.74 Å². The summed E-state index contributed by atoms with van der Waals surface area (Å²) < 4.78 is 10.4. The van der Waals surface area contributed by atoms with Crippen LogP contribution >= 0.6 is 0 Å². The molecular formula is C11H10O5. The lowest BCUT2D eigenvalue weighted by Gasteiger charge is -2.26. The van der Waals surface area contributed by atoms with E-state index in [1.54, 1.807) is 12.1 Å². The highest BCUT2D eigenvalue weighted by molar-refractivity contribution is 6.39. The molecular weight excluding hydrogens is 212 g/mol. The highest BCUT2D eigenvalue weighted by atomic mass is 16.6. The Morgan fingerprint density at radius 1 is 1.38 bits per heavy atom. The summed E-state index contributed by atoms with van der Waals surface area (Å²) >= 11 is 0. The van der Waals surface area contributed by atoms with Crippen molar-refractivity contribution in [3.63, 3.8) is 0 Å². The van der Waals surface area contributed by atoms with Gasteiger partial charge in [-0.25, -0.2) is 4.79 Å². The number of carbonyl (C=O) groups excluding carboxylic acids is 1. The average Bonchev–Trinajstić information content (AvgIpc) is 2.23. The van der Waals surface area contributed by atoms with Crippen LogP contribution in [0.2, 0.25) is 0 Å². The molecule has 0 unspecified atom stereocenters. The summed E-state index contributed by atoms with van der Waals surface area (Å²) in [5, 5.41) is 8.56. The fourth-order valence-electron chi connectivity index (χ4n) is 1.31. The lowest BCUT2D eigenvalue weighted by atomic mass is 10.1. The first-order valence-corrected chi connectivity index (χ1v) is 4.79.